The van der Waals surface area contributed by atoms with Crippen LogP contribution < -0.4 is 0 Å². The molecule has 0 radical (unpaired) electrons. The molecular formula is C10H12N2S. The zero-order valence-electron chi connectivity index (χ0n) is 7.77. The van der Waals surface area contributed by atoms with Crippen LogP contribution in [0.5, 0.6) is 0 Å². The molecule has 0 saturated carbocycles. The van der Waals surface area contributed by atoms with Crippen molar-refractivity contribution < 1.29 is 0 Å². The minimum Gasteiger partial charge on any atom is -0.369 e. The van der Waals surface area contributed by atoms with Crippen LogP contribution in [0.25, 0.3) is 0 Å². The lowest BCUT2D eigenvalue weighted by Crippen LogP contribution is -2.09. The molecule has 0 amide bonds. The molecule has 0 heterocycles. The van der Waals surface area contributed by atoms with Crippen LogP contribution in [0.2, 0.25) is 0 Å². The summed E-state index contributed by atoms with van der Waals surface area (Å²) in [6.07, 6.45) is 1.70. The fourth-order valence-electron chi connectivity index (χ4n) is 0.823. The summed E-state index contributed by atoms with van der Waals surface area (Å²) in [7, 11) is 3.83. The van der Waals surface area contributed by atoms with Gasteiger partial charge in [-0.1, -0.05) is 42.5 Å². The number of aliphatic imine (C=N–C) groups is 1. The third-order valence-electron chi connectivity index (χ3n) is 1.43. The summed E-state index contributed by atoms with van der Waals surface area (Å²) in [6, 6.07) is 9.77. The average molecular weight is 192 g/mol. The van der Waals surface area contributed by atoms with Crippen molar-refractivity contribution in [1.82, 2.24) is 4.90 Å². The van der Waals surface area contributed by atoms with Crippen molar-refractivity contribution in [2.45, 2.75) is 0 Å². The lowest BCUT2D eigenvalue weighted by Gasteiger charge is -2.02. The molecule has 0 aliphatic heterocycles. The molecule has 0 bridgehead atoms. The monoisotopic (exact) mass is 192 g/mol. The van der Waals surface area contributed by atoms with Gasteiger partial charge < -0.3 is 4.90 Å². The van der Waals surface area contributed by atoms with Gasteiger partial charge in [0, 0.05) is 19.7 Å². The number of rotatable bonds is 2. The predicted molar refractivity (Wildman–Crippen MR) is 60.3 cm³/mol. The Hall–Kier alpha value is -1.22. The molecular weight excluding hydrogens is 180 g/mol. The molecule has 0 aromatic heterocycles. The van der Waals surface area contributed by atoms with E-state index in [1.165, 1.54) is 0 Å². The molecule has 0 aliphatic rings. The predicted octanol–water partition coefficient (Wildman–Crippen LogP) is 1.95. The molecule has 0 fully saturated rings. The van der Waals surface area contributed by atoms with Crippen molar-refractivity contribution in [2.75, 3.05) is 14.1 Å². The lowest BCUT2D eigenvalue weighted by molar-refractivity contribution is 0.644. The molecule has 2 nitrogen and oxygen atoms in total. The summed E-state index contributed by atoms with van der Waals surface area (Å²) in [5, 5.41) is 0. The lowest BCUT2D eigenvalue weighted by atomic mass is 10.2. The van der Waals surface area contributed by atoms with Gasteiger partial charge in [-0.3, -0.25) is 0 Å². The van der Waals surface area contributed by atoms with Gasteiger partial charge in [-0.25, -0.2) is 4.99 Å². The van der Waals surface area contributed by atoms with Crippen LogP contribution in [0.4, 0.5) is 0 Å². The molecule has 0 unspecified atom stereocenters. The van der Waals surface area contributed by atoms with E-state index in [-0.39, 0.29) is 0 Å². The fourth-order valence-corrected chi connectivity index (χ4v) is 1.01. The second-order valence-corrected chi connectivity index (χ2v) is 3.27. The van der Waals surface area contributed by atoms with Crippen molar-refractivity contribution in [1.29, 1.82) is 0 Å². The zero-order chi connectivity index (χ0) is 9.68. The van der Waals surface area contributed by atoms with E-state index >= 15 is 0 Å². The topological polar surface area (TPSA) is 15.6 Å². The van der Waals surface area contributed by atoms with Gasteiger partial charge >= 0.3 is 0 Å². The first-order chi connectivity index (χ1) is 6.20. The summed E-state index contributed by atoms with van der Waals surface area (Å²) in [6.45, 7) is 0. The summed E-state index contributed by atoms with van der Waals surface area (Å²) >= 11 is 5.11. The van der Waals surface area contributed by atoms with Crippen molar-refractivity contribution in [3.05, 3.63) is 35.9 Å². The zero-order valence-corrected chi connectivity index (χ0v) is 8.58. The van der Waals surface area contributed by atoms with Crippen LogP contribution in [0, 0.1) is 0 Å². The van der Waals surface area contributed by atoms with Crippen molar-refractivity contribution in [2.24, 2.45) is 4.99 Å². The van der Waals surface area contributed by atoms with E-state index in [1.54, 1.807) is 6.34 Å². The fraction of sp³-hybridized carbons (Fsp3) is 0.200. The Morgan fingerprint density at radius 1 is 1.31 bits per heavy atom. The van der Waals surface area contributed by atoms with Crippen LogP contribution >= 0.6 is 12.2 Å². The Balaban J connectivity index is 2.70. The molecule has 13 heavy (non-hydrogen) atoms. The normalized spacial score (nSPS) is 10.3. The highest BCUT2D eigenvalue weighted by atomic mass is 32.1. The van der Waals surface area contributed by atoms with Gasteiger partial charge in [0.05, 0.1) is 6.34 Å². The molecule has 1 rings (SSSR count). The van der Waals surface area contributed by atoms with Gasteiger partial charge in [-0.05, 0) is 0 Å². The highest BCUT2D eigenvalue weighted by Gasteiger charge is 1.95. The Bertz CT molecular complexity index is 304. The molecule has 0 aliphatic carbocycles. The van der Waals surface area contributed by atoms with Crippen molar-refractivity contribution >= 4 is 23.5 Å². The Kier molecular flexibility index (Phi) is 3.58. The number of thiocarbonyl (C=S) groups is 1. The van der Waals surface area contributed by atoms with Gasteiger partial charge in [0.1, 0.15) is 4.99 Å². The van der Waals surface area contributed by atoms with E-state index in [0.29, 0.717) is 4.99 Å². The minimum atomic E-state index is 0.620. The largest absolute Gasteiger partial charge is 0.369 e. The molecule has 0 spiro atoms. The average Bonchev–Trinajstić information content (AvgIpc) is 2.15. The SMILES string of the molecule is CN(C)C=NC(=S)c1ccccc1. The molecule has 0 saturated heterocycles. The molecule has 0 atom stereocenters. The number of hydrogen-bond acceptors (Lipinski definition) is 1. The number of benzene rings is 1. The van der Waals surface area contributed by atoms with Gasteiger partial charge in [0.2, 0.25) is 0 Å². The van der Waals surface area contributed by atoms with Gasteiger partial charge in [0.25, 0.3) is 0 Å². The molecule has 3 heteroatoms. The highest BCUT2D eigenvalue weighted by Crippen LogP contribution is 2.01. The standard InChI is InChI=1S/C10H12N2S/c1-12(2)8-11-10(13)9-6-4-3-5-7-9/h3-8H,1-2H3. The van der Waals surface area contributed by atoms with E-state index in [1.807, 2.05) is 49.3 Å². The van der Waals surface area contributed by atoms with E-state index in [2.05, 4.69) is 4.99 Å². The maximum atomic E-state index is 5.11. The first-order valence-electron chi connectivity index (χ1n) is 4.00. The van der Waals surface area contributed by atoms with Crippen molar-refractivity contribution in [3.8, 4) is 0 Å². The first-order valence-corrected chi connectivity index (χ1v) is 4.41. The maximum absolute atomic E-state index is 5.11. The molecule has 1 aromatic carbocycles. The van der Waals surface area contributed by atoms with Crippen LogP contribution in [-0.4, -0.2) is 30.3 Å². The number of nitrogens with zero attached hydrogens (tertiary/aromatic N) is 2. The highest BCUT2D eigenvalue weighted by molar-refractivity contribution is 7.80. The minimum absolute atomic E-state index is 0.620. The smallest absolute Gasteiger partial charge is 0.135 e. The van der Waals surface area contributed by atoms with Crippen molar-refractivity contribution in [3.63, 3.8) is 0 Å². The third kappa shape index (κ3) is 3.34. The third-order valence-corrected chi connectivity index (χ3v) is 1.77. The van der Waals surface area contributed by atoms with Crippen LogP contribution in [0.15, 0.2) is 35.3 Å². The maximum Gasteiger partial charge on any atom is 0.135 e. The first kappa shape index (κ1) is 9.86. The van der Waals surface area contributed by atoms with Gasteiger partial charge in [0.15, 0.2) is 0 Å². The summed E-state index contributed by atoms with van der Waals surface area (Å²) in [5.41, 5.74) is 0.982. The Morgan fingerprint density at radius 2 is 1.92 bits per heavy atom. The molecule has 0 N–H and O–H groups in total. The summed E-state index contributed by atoms with van der Waals surface area (Å²) in [4.78, 5) is 6.60. The van der Waals surface area contributed by atoms with E-state index in [0.717, 1.165) is 5.56 Å². The van der Waals surface area contributed by atoms with Crippen LogP contribution in [0.1, 0.15) is 5.56 Å². The van der Waals surface area contributed by atoms with E-state index in [4.69, 9.17) is 12.2 Å². The van der Waals surface area contributed by atoms with E-state index in [9.17, 15) is 0 Å². The van der Waals surface area contributed by atoms with Crippen LogP contribution in [-0.2, 0) is 0 Å². The Morgan fingerprint density at radius 3 is 2.46 bits per heavy atom. The second kappa shape index (κ2) is 4.72. The molecule has 68 valence electrons. The van der Waals surface area contributed by atoms with Gasteiger partial charge in [-0.2, -0.15) is 0 Å². The summed E-state index contributed by atoms with van der Waals surface area (Å²) < 4.78 is 0. The quantitative estimate of drug-likeness (QED) is 0.404. The number of hydrogen-bond donors (Lipinski definition) is 0. The summed E-state index contributed by atoms with van der Waals surface area (Å²) in [5.74, 6) is 0. The van der Waals surface area contributed by atoms with Crippen LogP contribution in [0.3, 0.4) is 0 Å². The second-order valence-electron chi connectivity index (χ2n) is 2.88. The molecule has 1 aromatic rings. The Labute approximate surface area is 83.9 Å². The van der Waals surface area contributed by atoms with E-state index < -0.39 is 0 Å². The van der Waals surface area contributed by atoms with Gasteiger partial charge in [-0.15, -0.1) is 0 Å².